The molecule has 21 heavy (non-hydrogen) atoms. The number of rotatable bonds is 4. The van der Waals surface area contributed by atoms with E-state index in [4.69, 9.17) is 5.26 Å². The van der Waals surface area contributed by atoms with Crippen LogP contribution >= 0.6 is 0 Å². The Morgan fingerprint density at radius 2 is 2.33 bits per heavy atom. The molecule has 0 aromatic heterocycles. The lowest BCUT2D eigenvalue weighted by Gasteiger charge is -2.31. The lowest BCUT2D eigenvalue weighted by molar-refractivity contribution is -0.117. The van der Waals surface area contributed by atoms with Gasteiger partial charge in [-0.1, -0.05) is 12.1 Å². The summed E-state index contributed by atoms with van der Waals surface area (Å²) >= 11 is 0. The molecule has 110 valence electrons. The first kappa shape index (κ1) is 15.2. The van der Waals surface area contributed by atoms with Gasteiger partial charge in [0.15, 0.2) is 5.78 Å². The smallest absolute Gasteiger partial charge is 0.238 e. The maximum absolute atomic E-state index is 12.1. The molecule has 6 heteroatoms. The molecule has 2 rings (SSSR count). The topological polar surface area (TPSA) is 85.2 Å². The third kappa shape index (κ3) is 4.12. The van der Waals surface area contributed by atoms with Crippen LogP contribution in [0.4, 0.5) is 5.69 Å². The second-order valence-corrected chi connectivity index (χ2v) is 5.00. The molecule has 1 unspecified atom stereocenters. The van der Waals surface area contributed by atoms with E-state index in [9.17, 15) is 9.59 Å². The van der Waals surface area contributed by atoms with E-state index in [1.165, 1.54) is 6.92 Å². The van der Waals surface area contributed by atoms with E-state index in [2.05, 4.69) is 16.7 Å². The summed E-state index contributed by atoms with van der Waals surface area (Å²) in [7, 11) is 0. The van der Waals surface area contributed by atoms with Crippen LogP contribution in [0.5, 0.6) is 0 Å². The van der Waals surface area contributed by atoms with Crippen LogP contribution in [0.25, 0.3) is 0 Å². The van der Waals surface area contributed by atoms with Gasteiger partial charge in [0.1, 0.15) is 6.04 Å². The Labute approximate surface area is 123 Å². The molecule has 1 fully saturated rings. The number of nitrogens with zero attached hydrogens (tertiary/aromatic N) is 2. The number of Topliss-reactive ketones (excluding diaryl/α,β-unsaturated/α-hetero) is 1. The molecule has 1 aliphatic rings. The number of benzene rings is 1. The lowest BCUT2D eigenvalue weighted by atomic mass is 10.1. The summed E-state index contributed by atoms with van der Waals surface area (Å²) in [6.45, 7) is 3.66. The third-order valence-electron chi connectivity index (χ3n) is 3.40. The lowest BCUT2D eigenvalue weighted by Crippen LogP contribution is -2.52. The Morgan fingerprint density at radius 1 is 1.52 bits per heavy atom. The zero-order chi connectivity index (χ0) is 15.2. The molecule has 0 spiro atoms. The number of hydrogen-bond donors (Lipinski definition) is 2. The molecule has 1 atom stereocenters. The summed E-state index contributed by atoms with van der Waals surface area (Å²) in [6.07, 6.45) is 0. The average Bonchev–Trinajstić information content (AvgIpc) is 2.48. The molecule has 1 amide bonds. The first-order valence-electron chi connectivity index (χ1n) is 6.85. The van der Waals surface area contributed by atoms with Gasteiger partial charge in [-0.2, -0.15) is 5.26 Å². The molecule has 1 saturated heterocycles. The highest BCUT2D eigenvalue weighted by Gasteiger charge is 2.23. The van der Waals surface area contributed by atoms with Crippen molar-refractivity contribution in [1.29, 1.82) is 5.26 Å². The van der Waals surface area contributed by atoms with Crippen molar-refractivity contribution in [1.82, 2.24) is 10.2 Å². The molecule has 0 bridgehead atoms. The minimum Gasteiger partial charge on any atom is -0.325 e. The maximum atomic E-state index is 12.1. The number of carbonyl (C=O) groups is 2. The van der Waals surface area contributed by atoms with E-state index in [-0.39, 0.29) is 24.3 Å². The van der Waals surface area contributed by atoms with E-state index in [0.29, 0.717) is 24.3 Å². The number of ketones is 1. The van der Waals surface area contributed by atoms with Crippen LogP contribution in [0.2, 0.25) is 0 Å². The van der Waals surface area contributed by atoms with Crippen molar-refractivity contribution >= 4 is 17.4 Å². The van der Waals surface area contributed by atoms with Gasteiger partial charge in [0.2, 0.25) is 5.91 Å². The van der Waals surface area contributed by atoms with Crippen LogP contribution in [0.1, 0.15) is 17.3 Å². The van der Waals surface area contributed by atoms with Crippen LogP contribution in [0.15, 0.2) is 24.3 Å². The first-order valence-corrected chi connectivity index (χ1v) is 6.85. The Morgan fingerprint density at radius 3 is 3.05 bits per heavy atom. The summed E-state index contributed by atoms with van der Waals surface area (Å²) in [5, 5.41) is 15.0. The predicted molar refractivity (Wildman–Crippen MR) is 78.9 cm³/mol. The van der Waals surface area contributed by atoms with Crippen molar-refractivity contribution in [3.05, 3.63) is 29.8 Å². The first-order chi connectivity index (χ1) is 10.1. The number of amides is 1. The predicted octanol–water partition coefficient (Wildman–Crippen LogP) is 0.625. The van der Waals surface area contributed by atoms with Gasteiger partial charge in [-0.25, -0.2) is 0 Å². The van der Waals surface area contributed by atoms with Crippen LogP contribution in [-0.4, -0.2) is 48.8 Å². The maximum Gasteiger partial charge on any atom is 0.238 e. The normalized spacial score (nSPS) is 18.8. The van der Waals surface area contributed by atoms with E-state index in [1.807, 2.05) is 4.90 Å². The molecule has 2 N–H and O–H groups in total. The number of piperazine rings is 1. The van der Waals surface area contributed by atoms with Crippen LogP contribution in [0, 0.1) is 11.3 Å². The summed E-state index contributed by atoms with van der Waals surface area (Å²) in [6, 6.07) is 8.73. The fourth-order valence-electron chi connectivity index (χ4n) is 2.26. The van der Waals surface area contributed by atoms with Crippen molar-refractivity contribution in [2.24, 2.45) is 0 Å². The second kappa shape index (κ2) is 6.97. The van der Waals surface area contributed by atoms with E-state index in [0.717, 1.165) is 6.54 Å². The van der Waals surface area contributed by atoms with Gasteiger partial charge >= 0.3 is 0 Å². The second-order valence-electron chi connectivity index (χ2n) is 5.00. The molecule has 0 radical (unpaired) electrons. The van der Waals surface area contributed by atoms with Gasteiger partial charge in [-0.3, -0.25) is 14.5 Å². The Balaban J connectivity index is 1.97. The van der Waals surface area contributed by atoms with Gasteiger partial charge in [0.25, 0.3) is 0 Å². The molecule has 1 aromatic rings. The minimum atomic E-state index is -0.284. The van der Waals surface area contributed by atoms with Gasteiger partial charge < -0.3 is 10.6 Å². The van der Waals surface area contributed by atoms with Crippen molar-refractivity contribution in [2.75, 3.05) is 31.5 Å². The van der Waals surface area contributed by atoms with Gasteiger partial charge in [0.05, 0.1) is 12.6 Å². The highest BCUT2D eigenvalue weighted by Crippen LogP contribution is 2.11. The fraction of sp³-hybridized carbons (Fsp3) is 0.400. The van der Waals surface area contributed by atoms with Gasteiger partial charge in [0, 0.05) is 30.9 Å². The molecule has 0 saturated carbocycles. The van der Waals surface area contributed by atoms with E-state index < -0.39 is 0 Å². The quantitative estimate of drug-likeness (QED) is 0.793. The van der Waals surface area contributed by atoms with Crippen molar-refractivity contribution in [3.63, 3.8) is 0 Å². The van der Waals surface area contributed by atoms with Crippen molar-refractivity contribution < 1.29 is 9.59 Å². The highest BCUT2D eigenvalue weighted by molar-refractivity contribution is 5.97. The fourth-order valence-corrected chi connectivity index (χ4v) is 2.26. The van der Waals surface area contributed by atoms with E-state index >= 15 is 0 Å². The Bertz CT molecular complexity index is 579. The summed E-state index contributed by atoms with van der Waals surface area (Å²) in [5.74, 6) is -0.226. The number of carbonyl (C=O) groups excluding carboxylic acids is 2. The molecule has 1 aliphatic heterocycles. The van der Waals surface area contributed by atoms with Crippen LogP contribution < -0.4 is 10.6 Å². The molecular formula is C15H18N4O2. The number of nitriles is 1. The average molecular weight is 286 g/mol. The number of anilines is 1. The number of hydrogen-bond acceptors (Lipinski definition) is 5. The van der Waals surface area contributed by atoms with Crippen molar-refractivity contribution in [2.45, 2.75) is 13.0 Å². The molecular weight excluding hydrogens is 268 g/mol. The monoisotopic (exact) mass is 286 g/mol. The summed E-state index contributed by atoms with van der Waals surface area (Å²) in [4.78, 5) is 25.2. The molecule has 0 aliphatic carbocycles. The zero-order valence-electron chi connectivity index (χ0n) is 11.9. The number of nitrogens with one attached hydrogen (secondary N) is 2. The summed E-state index contributed by atoms with van der Waals surface area (Å²) in [5.41, 5.74) is 1.15. The molecule has 6 nitrogen and oxygen atoms in total. The van der Waals surface area contributed by atoms with Crippen molar-refractivity contribution in [3.8, 4) is 6.07 Å². The van der Waals surface area contributed by atoms with Crippen LogP contribution in [-0.2, 0) is 4.79 Å². The van der Waals surface area contributed by atoms with Crippen LogP contribution in [0.3, 0.4) is 0 Å². The summed E-state index contributed by atoms with van der Waals surface area (Å²) < 4.78 is 0. The van der Waals surface area contributed by atoms with E-state index in [1.54, 1.807) is 24.3 Å². The molecule has 1 aromatic carbocycles. The standard InChI is InChI=1S/C15H18N4O2/c1-11(20)12-3-2-4-13(7-12)18-15(21)10-19-6-5-17-9-14(19)8-16/h2-4,7,14,17H,5-6,9-10H2,1H3,(H,18,21). The largest absolute Gasteiger partial charge is 0.325 e. The zero-order valence-corrected chi connectivity index (χ0v) is 11.9. The SMILES string of the molecule is CC(=O)c1cccc(NC(=O)CN2CCNCC2C#N)c1. The minimum absolute atomic E-state index is 0.0438. The molecule has 1 heterocycles. The highest BCUT2D eigenvalue weighted by atomic mass is 16.2. The Hall–Kier alpha value is -2.23. The Kier molecular flexibility index (Phi) is 5.04. The third-order valence-corrected chi connectivity index (χ3v) is 3.40. The van der Waals surface area contributed by atoms with Gasteiger partial charge in [-0.15, -0.1) is 0 Å². The van der Waals surface area contributed by atoms with Gasteiger partial charge in [-0.05, 0) is 19.1 Å².